The van der Waals surface area contributed by atoms with E-state index in [1.54, 1.807) is 12.1 Å². The van der Waals surface area contributed by atoms with Crippen LogP contribution in [0, 0.1) is 5.82 Å². The number of nitrogens with zero attached hydrogens (tertiary/aromatic N) is 4. The maximum atomic E-state index is 13.3. The second-order valence-corrected chi connectivity index (χ2v) is 8.00. The summed E-state index contributed by atoms with van der Waals surface area (Å²) < 4.78 is 28.6. The summed E-state index contributed by atoms with van der Waals surface area (Å²) >= 11 is 0. The van der Waals surface area contributed by atoms with Crippen LogP contribution in [0.1, 0.15) is 53.9 Å². The topological polar surface area (TPSA) is 54.2 Å². The lowest BCUT2D eigenvalue weighted by Gasteiger charge is -2.39. The van der Waals surface area contributed by atoms with Crippen LogP contribution >= 0.6 is 0 Å². The number of alkyl halides is 1. The first-order valence-corrected chi connectivity index (χ1v) is 10.3. The molecule has 0 aliphatic carbocycles. The maximum absolute atomic E-state index is 13.3. The molecule has 1 N–H and O–H groups in total. The van der Waals surface area contributed by atoms with Crippen molar-refractivity contribution in [3.05, 3.63) is 58.8 Å². The Balaban J connectivity index is 1.61. The summed E-state index contributed by atoms with van der Waals surface area (Å²) in [4.78, 5) is 11.6. The molecule has 0 bridgehead atoms. The second-order valence-electron chi connectivity index (χ2n) is 8.00. The molecule has 1 saturated heterocycles. The number of hydrogen-bond donors (Lipinski definition) is 1. The molecular formula is C22H24F2N4O. The van der Waals surface area contributed by atoms with E-state index in [2.05, 4.69) is 14.9 Å². The summed E-state index contributed by atoms with van der Waals surface area (Å²) in [5, 5.41) is 10.8. The molecule has 7 heteroatoms. The molecule has 4 heterocycles. The Kier molecular flexibility index (Phi) is 4.80. The average molecular weight is 398 g/mol. The number of aromatic nitrogens is 3. The molecule has 2 aliphatic rings. The lowest BCUT2D eigenvalue weighted by atomic mass is 9.90. The van der Waals surface area contributed by atoms with Crippen molar-refractivity contribution in [1.82, 2.24) is 19.4 Å². The first-order chi connectivity index (χ1) is 14.2. The van der Waals surface area contributed by atoms with Crippen LogP contribution < -0.4 is 0 Å². The fraction of sp³-hybridized carbons (Fsp3) is 0.455. The van der Waals surface area contributed by atoms with Gasteiger partial charge < -0.3 is 9.67 Å². The molecule has 0 saturated carbocycles. The van der Waals surface area contributed by atoms with Crippen molar-refractivity contribution in [3.8, 4) is 0 Å². The number of rotatable bonds is 4. The number of piperidine rings is 1. The van der Waals surface area contributed by atoms with Gasteiger partial charge in [-0.2, -0.15) is 0 Å². The highest BCUT2D eigenvalue weighted by Crippen LogP contribution is 2.41. The Bertz CT molecular complexity index is 1030. The Labute approximate surface area is 168 Å². The average Bonchev–Trinajstić information content (AvgIpc) is 3.07. The summed E-state index contributed by atoms with van der Waals surface area (Å²) in [6.45, 7) is 1.71. The summed E-state index contributed by atoms with van der Waals surface area (Å²) in [5.41, 5.74) is 4.74. The van der Waals surface area contributed by atoms with Gasteiger partial charge in [0.25, 0.3) is 0 Å². The fourth-order valence-electron chi connectivity index (χ4n) is 4.89. The highest BCUT2D eigenvalue weighted by Gasteiger charge is 2.35. The molecule has 2 aliphatic heterocycles. The largest absolute Gasteiger partial charge is 0.387 e. The zero-order valence-corrected chi connectivity index (χ0v) is 16.2. The van der Waals surface area contributed by atoms with E-state index in [4.69, 9.17) is 0 Å². The van der Waals surface area contributed by atoms with E-state index in [9.17, 15) is 13.9 Å². The molecule has 2 unspecified atom stereocenters. The molecule has 1 fully saturated rings. The van der Waals surface area contributed by atoms with Crippen LogP contribution in [0.3, 0.4) is 0 Å². The van der Waals surface area contributed by atoms with Crippen LogP contribution in [0.15, 0.2) is 30.5 Å². The monoisotopic (exact) mass is 398 g/mol. The van der Waals surface area contributed by atoms with E-state index >= 15 is 0 Å². The predicted octanol–water partition coefficient (Wildman–Crippen LogP) is 3.86. The highest BCUT2D eigenvalue weighted by molar-refractivity contribution is 5.79. The van der Waals surface area contributed by atoms with Gasteiger partial charge >= 0.3 is 0 Å². The van der Waals surface area contributed by atoms with Gasteiger partial charge in [0.2, 0.25) is 0 Å². The summed E-state index contributed by atoms with van der Waals surface area (Å²) in [5.74, 6) is -0.327. The van der Waals surface area contributed by atoms with Gasteiger partial charge in [-0.05, 0) is 37.1 Å². The van der Waals surface area contributed by atoms with Gasteiger partial charge in [0, 0.05) is 30.3 Å². The van der Waals surface area contributed by atoms with E-state index < -0.39 is 12.8 Å². The number of aliphatic hydroxyl groups excluding tert-OH is 1. The van der Waals surface area contributed by atoms with E-state index in [1.807, 2.05) is 4.57 Å². The zero-order chi connectivity index (χ0) is 20.0. The summed E-state index contributed by atoms with van der Waals surface area (Å²) in [6, 6.07) is 6.20. The Morgan fingerprint density at radius 3 is 2.79 bits per heavy atom. The molecule has 3 aromatic rings. The first-order valence-electron chi connectivity index (χ1n) is 10.3. The maximum Gasteiger partial charge on any atom is 0.159 e. The number of halogens is 2. The van der Waals surface area contributed by atoms with Crippen LogP contribution in [-0.2, 0) is 19.6 Å². The first kappa shape index (κ1) is 18.6. The minimum Gasteiger partial charge on any atom is -0.387 e. The molecule has 2 atom stereocenters. The van der Waals surface area contributed by atoms with E-state index in [-0.39, 0.29) is 11.9 Å². The van der Waals surface area contributed by atoms with E-state index in [0.29, 0.717) is 23.4 Å². The van der Waals surface area contributed by atoms with Crippen molar-refractivity contribution < 1.29 is 13.9 Å². The zero-order valence-electron chi connectivity index (χ0n) is 16.2. The van der Waals surface area contributed by atoms with Crippen LogP contribution in [0.2, 0.25) is 0 Å². The number of benzene rings is 1. The van der Waals surface area contributed by atoms with E-state index in [0.717, 1.165) is 42.7 Å². The molecule has 0 amide bonds. The van der Waals surface area contributed by atoms with Crippen molar-refractivity contribution in [3.63, 3.8) is 0 Å². The van der Waals surface area contributed by atoms with Gasteiger partial charge in [-0.1, -0.05) is 18.6 Å². The lowest BCUT2D eigenvalue weighted by Crippen LogP contribution is -2.39. The molecule has 152 valence electrons. The van der Waals surface area contributed by atoms with Crippen molar-refractivity contribution in [2.75, 3.05) is 13.1 Å². The minimum absolute atomic E-state index is 0.281. The summed E-state index contributed by atoms with van der Waals surface area (Å²) in [7, 11) is 0. The predicted molar refractivity (Wildman–Crippen MR) is 106 cm³/mol. The van der Waals surface area contributed by atoms with Crippen molar-refractivity contribution in [2.45, 2.75) is 51.0 Å². The molecule has 0 spiro atoms. The molecule has 0 radical (unpaired) electrons. The summed E-state index contributed by atoms with van der Waals surface area (Å²) in [6.07, 6.45) is 4.98. The molecule has 5 nitrogen and oxygen atoms in total. The second kappa shape index (κ2) is 7.46. The third-order valence-corrected chi connectivity index (χ3v) is 6.28. The number of aliphatic hydroxyl groups is 1. The normalized spacial score (nSPS) is 20.4. The van der Waals surface area contributed by atoms with E-state index in [1.165, 1.54) is 31.2 Å². The molecule has 29 heavy (non-hydrogen) atoms. The van der Waals surface area contributed by atoms with Crippen LogP contribution in [0.25, 0.3) is 11.2 Å². The van der Waals surface area contributed by atoms with Crippen molar-refractivity contribution >= 4 is 11.2 Å². The van der Waals surface area contributed by atoms with Gasteiger partial charge in [0.15, 0.2) is 5.65 Å². The van der Waals surface area contributed by atoms with Crippen LogP contribution in [-0.4, -0.2) is 37.6 Å². The van der Waals surface area contributed by atoms with Crippen molar-refractivity contribution in [1.29, 1.82) is 0 Å². The Hall–Kier alpha value is -2.38. The van der Waals surface area contributed by atoms with Gasteiger partial charge in [-0.3, -0.25) is 4.90 Å². The molecule has 5 rings (SSSR count). The van der Waals surface area contributed by atoms with Gasteiger partial charge in [-0.15, -0.1) is 0 Å². The fourth-order valence-corrected chi connectivity index (χ4v) is 4.89. The molecule has 2 aromatic heterocycles. The third-order valence-electron chi connectivity index (χ3n) is 6.28. The van der Waals surface area contributed by atoms with Gasteiger partial charge in [0.05, 0.1) is 24.5 Å². The smallest absolute Gasteiger partial charge is 0.159 e. The number of fused-ring (bicyclic) bond motifs is 5. The molecular weight excluding hydrogens is 374 g/mol. The molecule has 1 aromatic carbocycles. The quantitative estimate of drug-likeness (QED) is 0.725. The van der Waals surface area contributed by atoms with Crippen LogP contribution in [0.5, 0.6) is 0 Å². The number of hydrogen-bond acceptors (Lipinski definition) is 4. The minimum atomic E-state index is -0.790. The highest BCUT2D eigenvalue weighted by atomic mass is 19.1. The lowest BCUT2D eigenvalue weighted by molar-refractivity contribution is 0.133. The van der Waals surface area contributed by atoms with Gasteiger partial charge in [-0.25, -0.2) is 18.7 Å². The van der Waals surface area contributed by atoms with Crippen molar-refractivity contribution in [2.24, 2.45) is 0 Å². The third kappa shape index (κ3) is 3.22. The standard InChI is InChI=1S/C22H24F2N4O/c23-11-16-12-25-22-21(26-16)20-17-3-1-2-9-27(17)10-8-18(20)28(22)13-19(29)14-4-6-15(24)7-5-14/h4-7,12,17,19,29H,1-3,8-11,13H2. The van der Waals surface area contributed by atoms with Crippen LogP contribution in [0.4, 0.5) is 8.78 Å². The van der Waals surface area contributed by atoms with Gasteiger partial charge in [0.1, 0.15) is 18.0 Å². The SMILES string of the molecule is OC(Cn1c2c(c3nc(CF)cnc31)C1CCCCN1CC2)c1ccc(F)cc1. The Morgan fingerprint density at radius 2 is 2.00 bits per heavy atom. The Morgan fingerprint density at radius 1 is 1.17 bits per heavy atom.